The van der Waals surface area contributed by atoms with Crippen LogP contribution in [0.2, 0.25) is 0 Å². The molecule has 7 nitrogen and oxygen atoms in total. The van der Waals surface area contributed by atoms with Crippen molar-refractivity contribution in [1.82, 2.24) is 24.9 Å². The van der Waals surface area contributed by atoms with E-state index in [1.54, 1.807) is 4.68 Å². The van der Waals surface area contributed by atoms with Gasteiger partial charge in [-0.1, -0.05) is 11.3 Å². The highest BCUT2D eigenvalue weighted by Crippen LogP contribution is 2.13. The first-order valence-corrected chi connectivity index (χ1v) is 7.32. The Labute approximate surface area is 124 Å². The lowest BCUT2D eigenvalue weighted by atomic mass is 10.3. The lowest BCUT2D eigenvalue weighted by molar-refractivity contribution is 0.246. The summed E-state index contributed by atoms with van der Waals surface area (Å²) in [6.45, 7) is 6.18. The van der Waals surface area contributed by atoms with Gasteiger partial charge < -0.3 is 10.6 Å². The van der Waals surface area contributed by atoms with E-state index in [2.05, 4.69) is 31.2 Å². The van der Waals surface area contributed by atoms with Gasteiger partial charge in [-0.25, -0.2) is 4.98 Å². The summed E-state index contributed by atoms with van der Waals surface area (Å²) in [6, 6.07) is 6.04. The molecule has 0 bridgehead atoms. The molecule has 2 aromatic heterocycles. The van der Waals surface area contributed by atoms with Gasteiger partial charge in [0.2, 0.25) is 0 Å². The average molecular weight is 287 g/mol. The fourth-order valence-electron chi connectivity index (χ4n) is 2.56. The second-order valence-corrected chi connectivity index (χ2v) is 5.21. The minimum Gasteiger partial charge on any atom is -0.354 e. The topological polar surface area (TPSA) is 76.1 Å². The van der Waals surface area contributed by atoms with E-state index < -0.39 is 0 Å². The molecule has 21 heavy (non-hydrogen) atoms. The van der Waals surface area contributed by atoms with E-state index in [1.807, 2.05) is 24.5 Å². The maximum atomic E-state index is 5.51. The molecule has 0 atom stereocenters. The van der Waals surface area contributed by atoms with Crippen LogP contribution in [0.25, 0.3) is 0 Å². The van der Waals surface area contributed by atoms with Crippen molar-refractivity contribution in [2.24, 2.45) is 5.73 Å². The van der Waals surface area contributed by atoms with Crippen LogP contribution in [0.3, 0.4) is 0 Å². The monoisotopic (exact) mass is 287 g/mol. The van der Waals surface area contributed by atoms with Crippen LogP contribution in [0.15, 0.2) is 30.6 Å². The van der Waals surface area contributed by atoms with Crippen LogP contribution >= 0.6 is 0 Å². The third-order valence-electron chi connectivity index (χ3n) is 3.68. The van der Waals surface area contributed by atoms with Crippen molar-refractivity contribution in [3.05, 3.63) is 36.3 Å². The van der Waals surface area contributed by atoms with Gasteiger partial charge in [-0.05, 0) is 12.1 Å². The molecule has 3 heterocycles. The lowest BCUT2D eigenvalue weighted by Crippen LogP contribution is -2.46. The number of nitrogens with zero attached hydrogens (tertiary/aromatic N) is 6. The van der Waals surface area contributed by atoms with E-state index >= 15 is 0 Å². The van der Waals surface area contributed by atoms with Gasteiger partial charge in [0.25, 0.3) is 0 Å². The van der Waals surface area contributed by atoms with Crippen molar-refractivity contribution >= 4 is 5.82 Å². The molecule has 3 rings (SSSR count). The maximum Gasteiger partial charge on any atom is 0.128 e. The molecule has 0 unspecified atom stereocenters. The predicted octanol–water partition coefficient (Wildman–Crippen LogP) is -0.0460. The first-order chi connectivity index (χ1) is 10.3. The van der Waals surface area contributed by atoms with Crippen molar-refractivity contribution in [3.8, 4) is 0 Å². The van der Waals surface area contributed by atoms with Gasteiger partial charge in [-0.2, -0.15) is 0 Å². The molecule has 1 saturated heterocycles. The molecule has 0 amide bonds. The highest BCUT2D eigenvalue weighted by Gasteiger charge is 2.18. The van der Waals surface area contributed by atoms with Crippen molar-refractivity contribution in [3.63, 3.8) is 0 Å². The third-order valence-corrected chi connectivity index (χ3v) is 3.68. The molecule has 7 heteroatoms. The minimum absolute atomic E-state index is 0.589. The molecule has 1 aliphatic rings. The van der Waals surface area contributed by atoms with Crippen molar-refractivity contribution in [2.75, 3.05) is 37.6 Å². The van der Waals surface area contributed by atoms with Crippen LogP contribution in [-0.2, 0) is 13.1 Å². The Kier molecular flexibility index (Phi) is 4.42. The molecule has 1 fully saturated rings. The van der Waals surface area contributed by atoms with Crippen LogP contribution in [0.1, 0.15) is 5.69 Å². The normalized spacial score (nSPS) is 16.3. The van der Waals surface area contributed by atoms with Gasteiger partial charge in [0.1, 0.15) is 5.82 Å². The number of hydrogen-bond acceptors (Lipinski definition) is 6. The standard InChI is InChI=1S/C14H21N7/c15-4-6-21-12-13(17-18-21)11-19-7-9-20(10-8-19)14-3-1-2-5-16-14/h1-3,5,12H,4,6-11,15H2. The fourth-order valence-corrected chi connectivity index (χ4v) is 2.56. The van der Waals surface area contributed by atoms with Crippen molar-refractivity contribution in [1.29, 1.82) is 0 Å². The molecule has 0 aromatic carbocycles. The van der Waals surface area contributed by atoms with Gasteiger partial charge in [-0.15, -0.1) is 5.10 Å². The van der Waals surface area contributed by atoms with E-state index in [0.717, 1.165) is 50.8 Å². The number of aromatic nitrogens is 4. The van der Waals surface area contributed by atoms with Crippen molar-refractivity contribution < 1.29 is 0 Å². The molecular weight excluding hydrogens is 266 g/mol. The zero-order valence-corrected chi connectivity index (χ0v) is 12.1. The number of pyridine rings is 1. The summed E-state index contributed by atoms with van der Waals surface area (Å²) in [4.78, 5) is 9.13. The number of piperazine rings is 1. The summed E-state index contributed by atoms with van der Waals surface area (Å²) >= 11 is 0. The van der Waals surface area contributed by atoms with Crippen LogP contribution in [0.5, 0.6) is 0 Å². The van der Waals surface area contributed by atoms with Gasteiger partial charge in [0.05, 0.1) is 12.2 Å². The number of anilines is 1. The molecule has 112 valence electrons. The predicted molar refractivity (Wildman–Crippen MR) is 80.8 cm³/mol. The minimum atomic E-state index is 0.589. The van der Waals surface area contributed by atoms with E-state index in [9.17, 15) is 0 Å². The quantitative estimate of drug-likeness (QED) is 0.831. The van der Waals surface area contributed by atoms with Gasteiger partial charge in [0, 0.05) is 51.7 Å². The summed E-state index contributed by atoms with van der Waals surface area (Å²) in [5.41, 5.74) is 6.52. The molecule has 0 saturated carbocycles. The van der Waals surface area contributed by atoms with Gasteiger partial charge in [0.15, 0.2) is 0 Å². The largest absolute Gasteiger partial charge is 0.354 e. The second-order valence-electron chi connectivity index (χ2n) is 5.21. The highest BCUT2D eigenvalue weighted by atomic mass is 15.4. The Balaban J connectivity index is 1.51. The van der Waals surface area contributed by atoms with E-state index in [1.165, 1.54) is 0 Å². The molecule has 0 aliphatic carbocycles. The first kappa shape index (κ1) is 14.0. The number of rotatable bonds is 5. The van der Waals surface area contributed by atoms with Gasteiger partial charge >= 0.3 is 0 Å². The summed E-state index contributed by atoms with van der Waals surface area (Å²) in [5, 5.41) is 8.27. The van der Waals surface area contributed by atoms with Gasteiger partial charge in [-0.3, -0.25) is 9.58 Å². The molecule has 2 N–H and O–H groups in total. The maximum absolute atomic E-state index is 5.51. The Hall–Kier alpha value is -1.99. The SMILES string of the molecule is NCCn1cc(CN2CCN(c3ccccn3)CC2)nn1. The van der Waals surface area contributed by atoms with Crippen LogP contribution < -0.4 is 10.6 Å². The highest BCUT2D eigenvalue weighted by molar-refractivity contribution is 5.38. The third kappa shape index (κ3) is 3.56. The molecule has 0 radical (unpaired) electrons. The van der Waals surface area contributed by atoms with Crippen LogP contribution in [0.4, 0.5) is 5.82 Å². The zero-order chi connectivity index (χ0) is 14.5. The number of hydrogen-bond donors (Lipinski definition) is 1. The molecule has 2 aromatic rings. The Morgan fingerprint density at radius 3 is 2.71 bits per heavy atom. The summed E-state index contributed by atoms with van der Waals surface area (Å²) in [7, 11) is 0. The van der Waals surface area contributed by atoms with Crippen LogP contribution in [0, 0.1) is 0 Å². The number of nitrogens with two attached hydrogens (primary N) is 1. The van der Waals surface area contributed by atoms with Crippen LogP contribution in [-0.4, -0.2) is 57.6 Å². The molecule has 1 aliphatic heterocycles. The second kappa shape index (κ2) is 6.64. The first-order valence-electron chi connectivity index (χ1n) is 7.32. The average Bonchev–Trinajstić information content (AvgIpc) is 2.97. The Morgan fingerprint density at radius 2 is 2.00 bits per heavy atom. The summed E-state index contributed by atoms with van der Waals surface area (Å²) < 4.78 is 1.81. The zero-order valence-electron chi connectivity index (χ0n) is 12.1. The van der Waals surface area contributed by atoms with E-state index in [0.29, 0.717) is 6.54 Å². The lowest BCUT2D eigenvalue weighted by Gasteiger charge is -2.34. The summed E-state index contributed by atoms with van der Waals surface area (Å²) in [6.07, 6.45) is 3.83. The Morgan fingerprint density at radius 1 is 1.14 bits per heavy atom. The van der Waals surface area contributed by atoms with Crippen molar-refractivity contribution in [2.45, 2.75) is 13.1 Å². The smallest absolute Gasteiger partial charge is 0.128 e. The molecular formula is C14H21N7. The van der Waals surface area contributed by atoms with E-state index in [4.69, 9.17) is 5.73 Å². The van der Waals surface area contributed by atoms with E-state index in [-0.39, 0.29) is 0 Å². The molecule has 0 spiro atoms. The summed E-state index contributed by atoms with van der Waals surface area (Å²) in [5.74, 6) is 1.06. The fraction of sp³-hybridized carbons (Fsp3) is 0.500. The Bertz CT molecular complexity index is 545.